The summed E-state index contributed by atoms with van der Waals surface area (Å²) in [6.45, 7) is 4.00. The van der Waals surface area contributed by atoms with Gasteiger partial charge in [0.2, 0.25) is 0 Å². The highest BCUT2D eigenvalue weighted by atomic mass is 15.1. The number of hydrogen-bond donors (Lipinski definition) is 2. The third-order valence-electron chi connectivity index (χ3n) is 4.00. The van der Waals surface area contributed by atoms with E-state index in [1.165, 1.54) is 16.8 Å². The summed E-state index contributed by atoms with van der Waals surface area (Å²) < 4.78 is 0. The molecular formula is C17H19N3. The second kappa shape index (κ2) is 5.00. The number of nitrogen functional groups attached to an aromatic ring is 1. The number of nitrogens with one attached hydrogen (secondary N) is 1. The highest BCUT2D eigenvalue weighted by Gasteiger charge is 2.16. The lowest BCUT2D eigenvalue weighted by Gasteiger charge is -2.31. The van der Waals surface area contributed by atoms with Gasteiger partial charge in [-0.15, -0.1) is 0 Å². The van der Waals surface area contributed by atoms with Gasteiger partial charge in [0.25, 0.3) is 0 Å². The normalized spacial score (nSPS) is 13.9. The average Bonchev–Trinajstić information content (AvgIpc) is 2.46. The molecule has 3 rings (SSSR count). The summed E-state index contributed by atoms with van der Waals surface area (Å²) in [5, 5.41) is 7.55. The largest absolute Gasteiger partial charge is 0.384 e. The van der Waals surface area contributed by atoms with Crippen molar-refractivity contribution in [1.29, 1.82) is 5.41 Å². The molecule has 2 aromatic carbocycles. The van der Waals surface area contributed by atoms with E-state index >= 15 is 0 Å². The number of nitrogens with two attached hydrogens (primary N) is 1. The van der Waals surface area contributed by atoms with Crippen LogP contribution in [0.1, 0.15) is 22.3 Å². The number of aryl methyl sites for hydroxylation is 1. The molecule has 0 unspecified atom stereocenters. The van der Waals surface area contributed by atoms with E-state index < -0.39 is 0 Å². The van der Waals surface area contributed by atoms with Crippen molar-refractivity contribution >= 4 is 11.5 Å². The number of rotatable bonds is 2. The van der Waals surface area contributed by atoms with Gasteiger partial charge in [0.1, 0.15) is 5.84 Å². The minimum absolute atomic E-state index is 0.137. The average molecular weight is 265 g/mol. The quantitative estimate of drug-likeness (QED) is 0.648. The van der Waals surface area contributed by atoms with Crippen LogP contribution in [0.3, 0.4) is 0 Å². The van der Waals surface area contributed by atoms with Crippen molar-refractivity contribution in [2.45, 2.75) is 19.9 Å². The molecule has 3 nitrogen and oxygen atoms in total. The van der Waals surface area contributed by atoms with Crippen molar-refractivity contribution in [1.82, 2.24) is 0 Å². The first-order chi connectivity index (χ1) is 9.65. The lowest BCUT2D eigenvalue weighted by molar-refractivity contribution is 0.731. The Kier molecular flexibility index (Phi) is 3.18. The Hall–Kier alpha value is -2.29. The molecule has 0 saturated heterocycles. The topological polar surface area (TPSA) is 53.1 Å². The third kappa shape index (κ3) is 2.27. The molecule has 3 heteroatoms. The van der Waals surface area contributed by atoms with Crippen LogP contribution in [0.25, 0.3) is 0 Å². The summed E-state index contributed by atoms with van der Waals surface area (Å²) in [5.74, 6) is 0.137. The summed E-state index contributed by atoms with van der Waals surface area (Å²) in [4.78, 5) is 2.39. The maximum absolute atomic E-state index is 7.55. The third-order valence-corrected chi connectivity index (χ3v) is 4.00. The second-order valence-electron chi connectivity index (χ2n) is 5.35. The highest BCUT2D eigenvalue weighted by molar-refractivity contribution is 5.96. The monoisotopic (exact) mass is 265 g/mol. The van der Waals surface area contributed by atoms with E-state index in [9.17, 15) is 0 Å². The Labute approximate surface area is 119 Å². The van der Waals surface area contributed by atoms with Gasteiger partial charge in [-0.2, -0.15) is 0 Å². The van der Waals surface area contributed by atoms with Crippen LogP contribution in [0.2, 0.25) is 0 Å². The summed E-state index contributed by atoms with van der Waals surface area (Å²) in [5.41, 5.74) is 11.5. The number of hydrogen-bond acceptors (Lipinski definition) is 2. The van der Waals surface area contributed by atoms with Crippen LogP contribution in [0.4, 0.5) is 5.69 Å². The van der Waals surface area contributed by atoms with Gasteiger partial charge in [-0.3, -0.25) is 5.41 Å². The van der Waals surface area contributed by atoms with Gasteiger partial charge in [-0.25, -0.2) is 0 Å². The van der Waals surface area contributed by atoms with E-state index in [4.69, 9.17) is 11.1 Å². The van der Waals surface area contributed by atoms with Gasteiger partial charge in [0, 0.05) is 24.3 Å². The van der Waals surface area contributed by atoms with E-state index in [-0.39, 0.29) is 5.84 Å². The number of anilines is 1. The summed E-state index contributed by atoms with van der Waals surface area (Å²) in [6.07, 6.45) is 1.09. The molecule has 0 aromatic heterocycles. The zero-order valence-corrected chi connectivity index (χ0v) is 11.7. The van der Waals surface area contributed by atoms with Crippen molar-refractivity contribution < 1.29 is 0 Å². The van der Waals surface area contributed by atoms with Crippen LogP contribution in [-0.2, 0) is 13.0 Å². The lowest BCUT2D eigenvalue weighted by atomic mass is 9.98. The van der Waals surface area contributed by atoms with Gasteiger partial charge in [0.05, 0.1) is 0 Å². The minimum atomic E-state index is 0.137. The predicted octanol–water partition coefficient (Wildman–Crippen LogP) is 2.84. The van der Waals surface area contributed by atoms with Crippen molar-refractivity contribution in [2.75, 3.05) is 11.4 Å². The molecular weight excluding hydrogens is 246 g/mol. The summed E-state index contributed by atoms with van der Waals surface area (Å²) in [6, 6.07) is 14.8. The zero-order valence-electron chi connectivity index (χ0n) is 11.7. The van der Waals surface area contributed by atoms with Gasteiger partial charge in [-0.1, -0.05) is 24.3 Å². The van der Waals surface area contributed by atoms with Crippen LogP contribution in [0.5, 0.6) is 0 Å². The number of benzene rings is 2. The molecule has 0 aliphatic carbocycles. The van der Waals surface area contributed by atoms with E-state index in [0.29, 0.717) is 0 Å². The van der Waals surface area contributed by atoms with Crippen LogP contribution < -0.4 is 10.6 Å². The lowest BCUT2D eigenvalue weighted by Crippen LogP contribution is -2.30. The van der Waals surface area contributed by atoms with Crippen molar-refractivity contribution in [3.8, 4) is 0 Å². The molecule has 20 heavy (non-hydrogen) atoms. The maximum Gasteiger partial charge on any atom is 0.123 e. The Morgan fingerprint density at radius 2 is 1.90 bits per heavy atom. The first-order valence-electron chi connectivity index (χ1n) is 6.92. The Morgan fingerprint density at radius 3 is 2.60 bits per heavy atom. The van der Waals surface area contributed by atoms with E-state index in [0.717, 1.165) is 30.6 Å². The van der Waals surface area contributed by atoms with E-state index in [1.807, 2.05) is 13.0 Å². The van der Waals surface area contributed by atoms with E-state index in [1.54, 1.807) is 0 Å². The smallest absolute Gasteiger partial charge is 0.123 e. The van der Waals surface area contributed by atoms with E-state index in [2.05, 4.69) is 41.3 Å². The molecule has 1 aliphatic rings. The summed E-state index contributed by atoms with van der Waals surface area (Å²) >= 11 is 0. The first kappa shape index (κ1) is 12.7. The second-order valence-corrected chi connectivity index (χ2v) is 5.35. The molecule has 1 aliphatic heterocycles. The molecule has 0 bridgehead atoms. The highest BCUT2D eigenvalue weighted by Crippen LogP contribution is 2.26. The Balaban J connectivity index is 1.88. The number of nitrogens with zero attached hydrogens (tertiary/aromatic N) is 1. The fourth-order valence-electron chi connectivity index (χ4n) is 2.86. The molecule has 0 saturated carbocycles. The van der Waals surface area contributed by atoms with Crippen LogP contribution >= 0.6 is 0 Å². The Morgan fingerprint density at radius 1 is 1.15 bits per heavy atom. The molecule has 1 heterocycles. The van der Waals surface area contributed by atoms with Gasteiger partial charge in [-0.05, 0) is 48.2 Å². The molecule has 0 spiro atoms. The predicted molar refractivity (Wildman–Crippen MR) is 83.4 cm³/mol. The zero-order chi connectivity index (χ0) is 14.1. The molecule has 2 aromatic rings. The standard InChI is InChI=1S/C17H19N3/c1-12-10-15(6-7-16(12)17(18)19)20-9-8-13-4-2-3-5-14(13)11-20/h2-7,10H,8-9,11H2,1H3,(H3,18,19). The van der Waals surface area contributed by atoms with Crippen LogP contribution in [0.15, 0.2) is 42.5 Å². The SMILES string of the molecule is Cc1cc(N2CCc3ccccc3C2)ccc1C(=N)N. The van der Waals surface area contributed by atoms with Gasteiger partial charge >= 0.3 is 0 Å². The molecule has 0 radical (unpaired) electrons. The van der Waals surface area contributed by atoms with Crippen LogP contribution in [0, 0.1) is 12.3 Å². The van der Waals surface area contributed by atoms with Crippen molar-refractivity contribution in [3.05, 3.63) is 64.7 Å². The molecule has 0 atom stereocenters. The first-order valence-corrected chi connectivity index (χ1v) is 6.92. The fraction of sp³-hybridized carbons (Fsp3) is 0.235. The Bertz CT molecular complexity index is 661. The minimum Gasteiger partial charge on any atom is -0.384 e. The molecule has 102 valence electrons. The van der Waals surface area contributed by atoms with Crippen LogP contribution in [-0.4, -0.2) is 12.4 Å². The van der Waals surface area contributed by atoms with Crippen molar-refractivity contribution in [2.24, 2.45) is 5.73 Å². The molecule has 3 N–H and O–H groups in total. The van der Waals surface area contributed by atoms with Gasteiger partial charge < -0.3 is 10.6 Å². The van der Waals surface area contributed by atoms with Crippen molar-refractivity contribution in [3.63, 3.8) is 0 Å². The summed E-state index contributed by atoms with van der Waals surface area (Å²) in [7, 11) is 0. The number of amidine groups is 1. The van der Waals surface area contributed by atoms with Gasteiger partial charge in [0.15, 0.2) is 0 Å². The maximum atomic E-state index is 7.55. The molecule has 0 amide bonds. The molecule has 0 fully saturated rings. The number of fused-ring (bicyclic) bond motifs is 1. The fourth-order valence-corrected chi connectivity index (χ4v) is 2.86.